The molecule has 0 N–H and O–H groups in total. The third-order valence-electron chi connectivity index (χ3n) is 3.03. The molecule has 6 heteroatoms. The van der Waals surface area contributed by atoms with Gasteiger partial charge in [-0.25, -0.2) is 0 Å². The molecular formula is C11H20O5Si. The van der Waals surface area contributed by atoms with E-state index in [4.69, 9.17) is 13.6 Å². The molecule has 0 atom stereocenters. The van der Waals surface area contributed by atoms with Crippen molar-refractivity contribution in [1.29, 1.82) is 0 Å². The molecule has 98 valence electrons. The highest BCUT2D eigenvalue weighted by Gasteiger charge is 2.65. The Kier molecular flexibility index (Phi) is 3.98. The molecule has 0 radical (unpaired) electrons. The minimum atomic E-state index is -2.96. The van der Waals surface area contributed by atoms with E-state index in [-0.39, 0.29) is 10.6 Å². The molecule has 0 unspecified atom stereocenters. The molecule has 0 amide bonds. The van der Waals surface area contributed by atoms with Crippen LogP contribution in [0.3, 0.4) is 0 Å². The fourth-order valence-corrected chi connectivity index (χ4v) is 6.10. The molecule has 0 aromatic heterocycles. The van der Waals surface area contributed by atoms with Gasteiger partial charge in [0.05, 0.1) is 18.3 Å². The maximum atomic E-state index is 11.3. The molecule has 0 aliphatic carbocycles. The smallest absolute Gasteiger partial charge is 0.477 e. The van der Waals surface area contributed by atoms with E-state index in [9.17, 15) is 9.59 Å². The first-order valence-corrected chi connectivity index (χ1v) is 7.60. The van der Waals surface area contributed by atoms with Crippen molar-refractivity contribution in [2.75, 3.05) is 13.2 Å². The van der Waals surface area contributed by atoms with Gasteiger partial charge in [-0.1, -0.05) is 20.8 Å². The van der Waals surface area contributed by atoms with Gasteiger partial charge in [-0.2, -0.15) is 0 Å². The fraction of sp³-hybridized carbons (Fsp3) is 0.818. The van der Waals surface area contributed by atoms with Crippen molar-refractivity contribution in [3.63, 3.8) is 0 Å². The molecule has 0 aromatic rings. The Labute approximate surface area is 103 Å². The number of ether oxygens (including phenoxy) is 1. The summed E-state index contributed by atoms with van der Waals surface area (Å²) < 4.78 is 16.2. The van der Waals surface area contributed by atoms with Crippen LogP contribution < -0.4 is 0 Å². The Hall–Kier alpha value is -0.883. The van der Waals surface area contributed by atoms with Crippen LogP contribution in [0.1, 0.15) is 34.6 Å². The molecule has 1 fully saturated rings. The average molecular weight is 260 g/mol. The van der Waals surface area contributed by atoms with Crippen molar-refractivity contribution >= 4 is 20.5 Å². The monoisotopic (exact) mass is 260 g/mol. The molecule has 0 aromatic carbocycles. The van der Waals surface area contributed by atoms with Crippen LogP contribution in [0, 0.1) is 0 Å². The van der Waals surface area contributed by atoms with E-state index in [1.54, 1.807) is 0 Å². The summed E-state index contributed by atoms with van der Waals surface area (Å²) in [6.45, 7) is 9.42. The standard InChI is InChI=1S/C11H20O5Si/c1-8(2)17(15-9(3)12,16-10(4)13)11(5)6-14-7-11/h8H,6-7H2,1-5H3. The SMILES string of the molecule is CC(=O)O[Si](OC(C)=O)(C(C)C)C1(C)COC1. The zero-order valence-electron chi connectivity index (χ0n) is 11.0. The van der Waals surface area contributed by atoms with Crippen LogP contribution in [0.2, 0.25) is 10.6 Å². The molecular weight excluding hydrogens is 240 g/mol. The summed E-state index contributed by atoms with van der Waals surface area (Å²) in [4.78, 5) is 22.6. The Bertz CT molecular complexity index is 306. The fourth-order valence-electron chi connectivity index (χ4n) is 2.24. The van der Waals surface area contributed by atoms with Gasteiger partial charge in [0.25, 0.3) is 11.9 Å². The molecule has 0 saturated carbocycles. The maximum absolute atomic E-state index is 11.3. The van der Waals surface area contributed by atoms with E-state index in [1.807, 2.05) is 20.8 Å². The highest BCUT2D eigenvalue weighted by molar-refractivity contribution is 6.75. The summed E-state index contributed by atoms with van der Waals surface area (Å²) in [7, 11) is -2.96. The number of carbonyl (C=O) groups excluding carboxylic acids is 2. The summed E-state index contributed by atoms with van der Waals surface area (Å²) in [5.41, 5.74) is -0.0100. The topological polar surface area (TPSA) is 61.8 Å². The Morgan fingerprint density at radius 1 is 1.18 bits per heavy atom. The van der Waals surface area contributed by atoms with Gasteiger partial charge in [-0.3, -0.25) is 9.59 Å². The summed E-state index contributed by atoms with van der Waals surface area (Å²) >= 11 is 0. The third-order valence-corrected chi connectivity index (χ3v) is 7.71. The molecule has 1 heterocycles. The molecule has 1 rings (SSSR count). The van der Waals surface area contributed by atoms with Crippen LogP contribution in [-0.2, 0) is 23.2 Å². The van der Waals surface area contributed by atoms with Crippen molar-refractivity contribution in [3.8, 4) is 0 Å². The number of hydrogen-bond donors (Lipinski definition) is 0. The van der Waals surface area contributed by atoms with E-state index in [2.05, 4.69) is 0 Å². The molecule has 17 heavy (non-hydrogen) atoms. The average Bonchev–Trinajstić information content (AvgIpc) is 2.10. The van der Waals surface area contributed by atoms with Gasteiger partial charge in [0, 0.05) is 19.4 Å². The summed E-state index contributed by atoms with van der Waals surface area (Å²) in [5, 5.41) is -0.349. The van der Waals surface area contributed by atoms with Crippen molar-refractivity contribution in [2.45, 2.75) is 45.2 Å². The molecule has 5 nitrogen and oxygen atoms in total. The summed E-state index contributed by atoms with van der Waals surface area (Å²) in [6.07, 6.45) is 0. The lowest BCUT2D eigenvalue weighted by Crippen LogP contribution is -2.63. The largest absolute Gasteiger partial charge is 0.484 e. The molecule has 1 aliphatic heterocycles. The van der Waals surface area contributed by atoms with Gasteiger partial charge in [-0.15, -0.1) is 0 Å². The predicted octanol–water partition coefficient (Wildman–Crippen LogP) is 1.76. The Morgan fingerprint density at radius 2 is 1.59 bits per heavy atom. The third kappa shape index (κ3) is 2.52. The second-order valence-electron chi connectivity index (χ2n) is 5.06. The molecule has 1 aliphatic rings. The van der Waals surface area contributed by atoms with Crippen LogP contribution in [-0.4, -0.2) is 33.7 Å². The lowest BCUT2D eigenvalue weighted by molar-refractivity contribution is -0.143. The van der Waals surface area contributed by atoms with E-state index < -0.39 is 20.5 Å². The second-order valence-corrected chi connectivity index (χ2v) is 9.17. The maximum Gasteiger partial charge on any atom is 0.477 e. The zero-order chi connectivity index (χ0) is 13.3. The lowest BCUT2D eigenvalue weighted by Gasteiger charge is -2.49. The highest BCUT2D eigenvalue weighted by Crippen LogP contribution is 2.50. The van der Waals surface area contributed by atoms with E-state index in [1.165, 1.54) is 13.8 Å². The first-order chi connectivity index (χ1) is 7.73. The van der Waals surface area contributed by atoms with Crippen molar-refractivity contribution in [2.24, 2.45) is 0 Å². The normalized spacial score (nSPS) is 18.5. The molecule has 0 spiro atoms. The first-order valence-electron chi connectivity index (χ1n) is 5.70. The first kappa shape index (κ1) is 14.2. The summed E-state index contributed by atoms with van der Waals surface area (Å²) in [5.74, 6) is -0.806. The Morgan fingerprint density at radius 3 is 1.76 bits per heavy atom. The van der Waals surface area contributed by atoms with Gasteiger partial charge >= 0.3 is 8.56 Å². The number of carbonyl (C=O) groups is 2. The van der Waals surface area contributed by atoms with Gasteiger partial charge in [-0.05, 0) is 0 Å². The minimum absolute atomic E-state index is 0.0100. The predicted molar refractivity (Wildman–Crippen MR) is 63.6 cm³/mol. The van der Waals surface area contributed by atoms with Gasteiger partial charge in [0.2, 0.25) is 0 Å². The number of hydrogen-bond acceptors (Lipinski definition) is 5. The number of rotatable bonds is 4. The Balaban J connectivity index is 3.10. The van der Waals surface area contributed by atoms with Crippen LogP contribution in [0.5, 0.6) is 0 Å². The van der Waals surface area contributed by atoms with Crippen LogP contribution in [0.25, 0.3) is 0 Å². The minimum Gasteiger partial charge on any atom is -0.484 e. The van der Waals surface area contributed by atoms with Crippen LogP contribution >= 0.6 is 0 Å². The van der Waals surface area contributed by atoms with Crippen molar-refractivity contribution in [1.82, 2.24) is 0 Å². The second kappa shape index (κ2) is 4.78. The van der Waals surface area contributed by atoms with Crippen molar-refractivity contribution < 1.29 is 23.2 Å². The highest BCUT2D eigenvalue weighted by atomic mass is 28.4. The lowest BCUT2D eigenvalue weighted by atomic mass is 10.1. The van der Waals surface area contributed by atoms with E-state index in [0.717, 1.165) is 0 Å². The van der Waals surface area contributed by atoms with Gasteiger partial charge in [0.15, 0.2) is 0 Å². The van der Waals surface area contributed by atoms with Crippen molar-refractivity contribution in [3.05, 3.63) is 0 Å². The zero-order valence-corrected chi connectivity index (χ0v) is 12.0. The van der Waals surface area contributed by atoms with Gasteiger partial charge in [0.1, 0.15) is 0 Å². The van der Waals surface area contributed by atoms with E-state index >= 15 is 0 Å². The van der Waals surface area contributed by atoms with Crippen LogP contribution in [0.4, 0.5) is 0 Å². The van der Waals surface area contributed by atoms with Gasteiger partial charge < -0.3 is 13.6 Å². The summed E-state index contributed by atoms with van der Waals surface area (Å²) in [6, 6.07) is 0. The quantitative estimate of drug-likeness (QED) is 0.721. The molecule has 0 bridgehead atoms. The van der Waals surface area contributed by atoms with Crippen LogP contribution in [0.15, 0.2) is 0 Å². The molecule has 1 saturated heterocycles. The van der Waals surface area contributed by atoms with E-state index in [0.29, 0.717) is 13.2 Å².